The molecule has 0 aliphatic rings. The number of para-hydroxylation sites is 1. The molecule has 0 aliphatic carbocycles. The first-order valence-electron chi connectivity index (χ1n) is 4.99. The molecule has 0 unspecified atom stereocenters. The third-order valence-corrected chi connectivity index (χ3v) is 2.24. The highest BCUT2D eigenvalue weighted by Gasteiger charge is 2.14. The number of benzene rings is 1. The molecule has 0 saturated heterocycles. The molecule has 18 heavy (non-hydrogen) atoms. The van der Waals surface area contributed by atoms with E-state index in [4.69, 9.17) is 10.5 Å². The van der Waals surface area contributed by atoms with Crippen LogP contribution in [0.3, 0.4) is 0 Å². The summed E-state index contributed by atoms with van der Waals surface area (Å²) < 4.78 is 31.9. The Morgan fingerprint density at radius 1 is 1.22 bits per heavy atom. The van der Waals surface area contributed by atoms with Gasteiger partial charge in [0.25, 0.3) is 0 Å². The van der Waals surface area contributed by atoms with E-state index in [2.05, 4.69) is 15.3 Å². The number of nitrogens with one attached hydrogen (secondary N) is 1. The van der Waals surface area contributed by atoms with Crippen LogP contribution in [-0.4, -0.2) is 17.1 Å². The van der Waals surface area contributed by atoms with Crippen molar-refractivity contribution < 1.29 is 13.5 Å². The normalized spacial score (nSPS) is 10.2. The quantitative estimate of drug-likeness (QED) is 0.875. The first-order valence-corrected chi connectivity index (χ1v) is 4.99. The maximum atomic E-state index is 13.5. The molecular weight excluding hydrogens is 242 g/mol. The number of rotatable bonds is 3. The van der Waals surface area contributed by atoms with Crippen molar-refractivity contribution in [1.29, 1.82) is 0 Å². The fourth-order valence-electron chi connectivity index (χ4n) is 1.41. The SMILES string of the molecule is COc1c(N)ncnc1Nc1c(F)cccc1F. The second-order valence-electron chi connectivity index (χ2n) is 3.36. The van der Waals surface area contributed by atoms with Gasteiger partial charge in [0.05, 0.1) is 7.11 Å². The predicted octanol–water partition coefficient (Wildman–Crippen LogP) is 2.09. The monoisotopic (exact) mass is 252 g/mol. The molecule has 0 amide bonds. The molecule has 7 heteroatoms. The summed E-state index contributed by atoms with van der Waals surface area (Å²) in [5.74, 6) is -1.19. The maximum Gasteiger partial charge on any atom is 0.204 e. The van der Waals surface area contributed by atoms with Crippen LogP contribution in [0.2, 0.25) is 0 Å². The lowest BCUT2D eigenvalue weighted by Crippen LogP contribution is -2.04. The minimum atomic E-state index is -0.741. The van der Waals surface area contributed by atoms with Crippen LogP contribution in [0.4, 0.5) is 26.1 Å². The van der Waals surface area contributed by atoms with Crippen LogP contribution < -0.4 is 15.8 Å². The molecule has 0 fully saturated rings. The number of halogens is 2. The molecule has 3 N–H and O–H groups in total. The summed E-state index contributed by atoms with van der Waals surface area (Å²) in [6, 6.07) is 3.52. The van der Waals surface area contributed by atoms with E-state index in [1.165, 1.54) is 19.5 Å². The highest BCUT2D eigenvalue weighted by Crippen LogP contribution is 2.30. The van der Waals surface area contributed by atoms with Gasteiger partial charge in [0, 0.05) is 0 Å². The van der Waals surface area contributed by atoms with Gasteiger partial charge >= 0.3 is 0 Å². The zero-order valence-electron chi connectivity index (χ0n) is 9.45. The Labute approximate surface area is 102 Å². The zero-order valence-corrected chi connectivity index (χ0v) is 9.45. The number of nitrogen functional groups attached to an aromatic ring is 1. The standard InChI is InChI=1S/C11H10F2N4O/c1-18-9-10(14)15-5-16-11(9)17-8-6(12)3-2-4-7(8)13/h2-5H,1H3,(H3,14,15,16,17). The van der Waals surface area contributed by atoms with Gasteiger partial charge in [-0.2, -0.15) is 0 Å². The number of hydrogen-bond donors (Lipinski definition) is 2. The molecule has 2 rings (SSSR count). The van der Waals surface area contributed by atoms with Crippen LogP contribution in [0.25, 0.3) is 0 Å². The van der Waals surface area contributed by atoms with Crippen molar-refractivity contribution in [1.82, 2.24) is 9.97 Å². The van der Waals surface area contributed by atoms with E-state index in [0.717, 1.165) is 12.1 Å². The number of aromatic nitrogens is 2. The third kappa shape index (κ3) is 2.15. The molecular formula is C11H10F2N4O. The fourth-order valence-corrected chi connectivity index (χ4v) is 1.41. The van der Waals surface area contributed by atoms with Gasteiger partial charge < -0.3 is 15.8 Å². The van der Waals surface area contributed by atoms with Crippen LogP contribution in [0.5, 0.6) is 5.75 Å². The Morgan fingerprint density at radius 2 is 1.89 bits per heavy atom. The molecule has 94 valence electrons. The topological polar surface area (TPSA) is 73.1 Å². The summed E-state index contributed by atoms with van der Waals surface area (Å²) in [6.45, 7) is 0. The van der Waals surface area contributed by atoms with Gasteiger partial charge in [-0.15, -0.1) is 0 Å². The first kappa shape index (κ1) is 12.0. The van der Waals surface area contributed by atoms with E-state index in [1.54, 1.807) is 0 Å². The van der Waals surface area contributed by atoms with Crippen molar-refractivity contribution >= 4 is 17.3 Å². The van der Waals surface area contributed by atoms with Crippen molar-refractivity contribution in [2.45, 2.75) is 0 Å². The van der Waals surface area contributed by atoms with E-state index < -0.39 is 11.6 Å². The van der Waals surface area contributed by atoms with Crippen molar-refractivity contribution in [3.8, 4) is 5.75 Å². The zero-order chi connectivity index (χ0) is 13.1. The lowest BCUT2D eigenvalue weighted by Gasteiger charge is -2.11. The van der Waals surface area contributed by atoms with Crippen molar-refractivity contribution in [3.63, 3.8) is 0 Å². The second-order valence-corrected chi connectivity index (χ2v) is 3.36. The molecule has 1 aromatic carbocycles. The Bertz CT molecular complexity index is 557. The molecule has 0 saturated carbocycles. The Balaban J connectivity index is 2.43. The lowest BCUT2D eigenvalue weighted by atomic mass is 10.3. The molecule has 0 atom stereocenters. The number of ether oxygens (including phenoxy) is 1. The summed E-state index contributed by atoms with van der Waals surface area (Å²) in [6.07, 6.45) is 1.17. The highest BCUT2D eigenvalue weighted by molar-refractivity contribution is 5.68. The van der Waals surface area contributed by atoms with Crippen LogP contribution in [0.1, 0.15) is 0 Å². The largest absolute Gasteiger partial charge is 0.490 e. The first-order chi connectivity index (χ1) is 8.63. The number of nitrogens with two attached hydrogens (primary N) is 1. The third-order valence-electron chi connectivity index (χ3n) is 2.24. The summed E-state index contributed by atoms with van der Waals surface area (Å²) in [5.41, 5.74) is 5.23. The number of hydrogen-bond acceptors (Lipinski definition) is 5. The summed E-state index contributed by atoms with van der Waals surface area (Å²) in [5, 5.41) is 2.49. The van der Waals surface area contributed by atoms with Crippen LogP contribution in [0.15, 0.2) is 24.5 Å². The van der Waals surface area contributed by atoms with Gasteiger partial charge in [-0.3, -0.25) is 0 Å². The Hall–Kier alpha value is -2.44. The second kappa shape index (κ2) is 4.82. The predicted molar refractivity (Wildman–Crippen MR) is 62.6 cm³/mol. The van der Waals surface area contributed by atoms with E-state index >= 15 is 0 Å². The molecule has 0 bridgehead atoms. The summed E-state index contributed by atoms with van der Waals surface area (Å²) >= 11 is 0. The summed E-state index contributed by atoms with van der Waals surface area (Å²) in [4.78, 5) is 7.54. The summed E-state index contributed by atoms with van der Waals surface area (Å²) in [7, 11) is 1.36. The van der Waals surface area contributed by atoms with Crippen LogP contribution in [0, 0.1) is 11.6 Å². The molecule has 0 radical (unpaired) electrons. The maximum absolute atomic E-state index is 13.5. The van der Waals surface area contributed by atoms with Crippen molar-refractivity contribution in [2.24, 2.45) is 0 Å². The minimum Gasteiger partial charge on any atom is -0.490 e. The smallest absolute Gasteiger partial charge is 0.204 e. The van der Waals surface area contributed by atoms with E-state index in [9.17, 15) is 8.78 Å². The fraction of sp³-hybridized carbons (Fsp3) is 0.0909. The molecule has 0 aliphatic heterocycles. The number of anilines is 3. The Kier molecular flexibility index (Phi) is 3.22. The van der Waals surface area contributed by atoms with Gasteiger partial charge in [0.1, 0.15) is 23.6 Å². The van der Waals surface area contributed by atoms with E-state index in [1.807, 2.05) is 0 Å². The highest BCUT2D eigenvalue weighted by atomic mass is 19.1. The van der Waals surface area contributed by atoms with Gasteiger partial charge in [-0.1, -0.05) is 6.07 Å². The van der Waals surface area contributed by atoms with E-state index in [0.29, 0.717) is 0 Å². The average molecular weight is 252 g/mol. The molecule has 5 nitrogen and oxygen atoms in total. The van der Waals surface area contributed by atoms with Gasteiger partial charge in [0.2, 0.25) is 5.75 Å². The average Bonchev–Trinajstić information content (AvgIpc) is 2.34. The number of nitrogens with zero attached hydrogens (tertiary/aromatic N) is 2. The van der Waals surface area contributed by atoms with Crippen molar-refractivity contribution in [2.75, 3.05) is 18.2 Å². The van der Waals surface area contributed by atoms with Crippen molar-refractivity contribution in [3.05, 3.63) is 36.2 Å². The lowest BCUT2D eigenvalue weighted by molar-refractivity contribution is 0.415. The molecule has 0 spiro atoms. The van der Waals surface area contributed by atoms with Crippen LogP contribution in [-0.2, 0) is 0 Å². The number of methoxy groups -OCH3 is 1. The van der Waals surface area contributed by atoms with E-state index in [-0.39, 0.29) is 23.1 Å². The molecule has 1 aromatic heterocycles. The van der Waals surface area contributed by atoms with Gasteiger partial charge in [-0.25, -0.2) is 18.7 Å². The Morgan fingerprint density at radius 3 is 2.50 bits per heavy atom. The molecule has 1 heterocycles. The van der Waals surface area contributed by atoms with Gasteiger partial charge in [0.15, 0.2) is 11.6 Å². The molecule has 2 aromatic rings. The minimum absolute atomic E-state index is 0.0757. The van der Waals surface area contributed by atoms with Gasteiger partial charge in [-0.05, 0) is 12.1 Å². The van der Waals surface area contributed by atoms with Crippen LogP contribution >= 0.6 is 0 Å².